The summed E-state index contributed by atoms with van der Waals surface area (Å²) in [4.78, 5) is 21.8. The van der Waals surface area contributed by atoms with E-state index < -0.39 is 17.7 Å². The SMILES string of the molecule is CCOC(=O)c1c(CCNCc2ccc(OC)cc2)nc(SC)nc1Nc1ccc(OC)c(C(F)(F)F)c1. The van der Waals surface area contributed by atoms with Gasteiger partial charge < -0.3 is 24.8 Å². The van der Waals surface area contributed by atoms with Crippen LogP contribution in [0.2, 0.25) is 0 Å². The Bertz CT molecular complexity index is 1240. The topological polar surface area (TPSA) is 94.6 Å². The minimum absolute atomic E-state index is 0.0613. The second-order valence-corrected chi connectivity index (χ2v) is 8.69. The lowest BCUT2D eigenvalue weighted by Gasteiger charge is -2.17. The first-order valence-corrected chi connectivity index (χ1v) is 12.9. The van der Waals surface area contributed by atoms with Crippen molar-refractivity contribution < 1.29 is 32.2 Å². The molecule has 0 unspecified atom stereocenters. The third-order valence-electron chi connectivity index (χ3n) is 5.42. The van der Waals surface area contributed by atoms with Gasteiger partial charge in [0.25, 0.3) is 0 Å². The van der Waals surface area contributed by atoms with Gasteiger partial charge in [-0.15, -0.1) is 0 Å². The molecule has 0 aliphatic carbocycles. The van der Waals surface area contributed by atoms with Crippen LogP contribution >= 0.6 is 11.8 Å². The van der Waals surface area contributed by atoms with Crippen LogP contribution in [0.5, 0.6) is 11.5 Å². The molecule has 1 heterocycles. The first-order valence-electron chi connectivity index (χ1n) is 11.7. The molecule has 0 bridgehead atoms. The highest BCUT2D eigenvalue weighted by Crippen LogP contribution is 2.38. The molecule has 12 heteroatoms. The van der Waals surface area contributed by atoms with E-state index in [4.69, 9.17) is 14.2 Å². The van der Waals surface area contributed by atoms with E-state index in [1.165, 1.54) is 31.0 Å². The van der Waals surface area contributed by atoms with Crippen LogP contribution in [0.25, 0.3) is 0 Å². The first-order chi connectivity index (χ1) is 18.2. The number of aromatic nitrogens is 2. The Balaban J connectivity index is 1.89. The zero-order chi connectivity index (χ0) is 27.7. The number of thioether (sulfide) groups is 1. The number of hydrogen-bond donors (Lipinski definition) is 2. The second-order valence-electron chi connectivity index (χ2n) is 7.91. The van der Waals surface area contributed by atoms with Crippen LogP contribution in [0.15, 0.2) is 47.6 Å². The molecule has 0 amide bonds. The maximum atomic E-state index is 13.6. The third kappa shape index (κ3) is 7.51. The van der Waals surface area contributed by atoms with Crippen molar-refractivity contribution in [2.45, 2.75) is 31.2 Å². The van der Waals surface area contributed by atoms with Crippen LogP contribution < -0.4 is 20.1 Å². The summed E-state index contributed by atoms with van der Waals surface area (Å²) in [6, 6.07) is 11.1. The van der Waals surface area contributed by atoms with E-state index in [1.54, 1.807) is 20.3 Å². The Kier molecular flexibility index (Phi) is 10.2. The smallest absolute Gasteiger partial charge is 0.420 e. The van der Waals surface area contributed by atoms with Crippen LogP contribution in [-0.2, 0) is 23.9 Å². The normalized spacial score (nSPS) is 11.2. The summed E-state index contributed by atoms with van der Waals surface area (Å²) in [7, 11) is 2.77. The number of anilines is 2. The molecule has 1 aromatic heterocycles. The van der Waals surface area contributed by atoms with Crippen molar-refractivity contribution in [3.63, 3.8) is 0 Å². The van der Waals surface area contributed by atoms with Crippen LogP contribution in [0.1, 0.15) is 34.1 Å². The van der Waals surface area contributed by atoms with Crippen LogP contribution in [-0.4, -0.2) is 49.6 Å². The molecule has 38 heavy (non-hydrogen) atoms. The summed E-state index contributed by atoms with van der Waals surface area (Å²) in [5.74, 6) is -0.161. The largest absolute Gasteiger partial charge is 0.497 e. The lowest BCUT2D eigenvalue weighted by molar-refractivity contribution is -0.138. The van der Waals surface area contributed by atoms with Gasteiger partial charge in [0.15, 0.2) is 5.16 Å². The number of halogens is 3. The number of alkyl halides is 3. The molecular formula is C26H29F3N4O4S. The van der Waals surface area contributed by atoms with E-state index in [1.807, 2.05) is 24.3 Å². The fraction of sp³-hybridized carbons (Fsp3) is 0.346. The highest BCUT2D eigenvalue weighted by Gasteiger charge is 2.35. The predicted octanol–water partition coefficient (Wildman–Crippen LogP) is 5.49. The zero-order valence-electron chi connectivity index (χ0n) is 21.4. The quantitative estimate of drug-likeness (QED) is 0.131. The average Bonchev–Trinajstić information content (AvgIpc) is 2.90. The molecule has 0 aliphatic heterocycles. The fourth-order valence-corrected chi connectivity index (χ4v) is 3.98. The second kappa shape index (κ2) is 13.3. The zero-order valence-corrected chi connectivity index (χ0v) is 22.3. The van der Waals surface area contributed by atoms with Gasteiger partial charge >= 0.3 is 12.1 Å². The number of methoxy groups -OCH3 is 2. The van der Waals surface area contributed by atoms with Gasteiger partial charge in [0.2, 0.25) is 0 Å². The van der Waals surface area contributed by atoms with Crippen molar-refractivity contribution >= 4 is 29.2 Å². The number of nitrogens with zero attached hydrogens (tertiary/aromatic N) is 2. The first kappa shape index (κ1) is 29.1. The standard InChI is InChI=1S/C26H29F3N4O4S/c1-5-37-24(34)22-20(12-13-30-15-16-6-9-18(35-2)10-7-16)32-25(38-4)33-23(22)31-17-8-11-21(36-3)19(14-17)26(27,28)29/h6-11,14,30H,5,12-13,15H2,1-4H3,(H,31,32,33). The lowest BCUT2D eigenvalue weighted by Crippen LogP contribution is -2.21. The Labute approximate surface area is 223 Å². The summed E-state index contributed by atoms with van der Waals surface area (Å²) >= 11 is 1.25. The average molecular weight is 551 g/mol. The van der Waals surface area contributed by atoms with Crippen molar-refractivity contribution in [1.29, 1.82) is 0 Å². The molecule has 0 radical (unpaired) electrons. The van der Waals surface area contributed by atoms with E-state index in [0.717, 1.165) is 17.4 Å². The Morgan fingerprint density at radius 1 is 1.05 bits per heavy atom. The summed E-state index contributed by atoms with van der Waals surface area (Å²) in [6.45, 7) is 2.83. The third-order valence-corrected chi connectivity index (χ3v) is 5.97. The summed E-state index contributed by atoms with van der Waals surface area (Å²) < 4.78 is 55.9. The van der Waals surface area contributed by atoms with E-state index in [0.29, 0.717) is 30.4 Å². The molecule has 3 aromatic rings. The van der Waals surface area contributed by atoms with Crippen molar-refractivity contribution in [3.05, 3.63) is 64.8 Å². The van der Waals surface area contributed by atoms with Gasteiger partial charge in [-0.3, -0.25) is 0 Å². The van der Waals surface area contributed by atoms with Gasteiger partial charge in [0, 0.05) is 25.2 Å². The fourth-order valence-electron chi connectivity index (χ4n) is 3.59. The summed E-state index contributed by atoms with van der Waals surface area (Å²) in [6.07, 6.45) is -2.51. The molecule has 0 fully saturated rings. The molecule has 2 aromatic carbocycles. The molecular weight excluding hydrogens is 521 g/mol. The number of rotatable bonds is 12. The summed E-state index contributed by atoms with van der Waals surface area (Å²) in [5, 5.41) is 6.53. The maximum absolute atomic E-state index is 13.6. The van der Waals surface area contributed by atoms with E-state index >= 15 is 0 Å². The minimum atomic E-state index is -4.64. The van der Waals surface area contributed by atoms with Crippen LogP contribution in [0, 0.1) is 0 Å². The number of benzene rings is 2. The predicted molar refractivity (Wildman–Crippen MR) is 139 cm³/mol. The highest BCUT2D eigenvalue weighted by molar-refractivity contribution is 7.98. The van der Waals surface area contributed by atoms with Crippen molar-refractivity contribution in [2.24, 2.45) is 0 Å². The molecule has 0 saturated heterocycles. The van der Waals surface area contributed by atoms with Gasteiger partial charge in [-0.2, -0.15) is 13.2 Å². The Hall–Kier alpha value is -3.51. The number of carbonyl (C=O) groups excluding carboxylic acids is 1. The molecule has 2 N–H and O–H groups in total. The van der Waals surface area contributed by atoms with Gasteiger partial charge in [-0.05, 0) is 49.1 Å². The maximum Gasteiger partial charge on any atom is 0.420 e. The highest BCUT2D eigenvalue weighted by atomic mass is 32.2. The number of carbonyl (C=O) groups is 1. The molecule has 0 spiro atoms. The number of esters is 1. The Morgan fingerprint density at radius 2 is 1.79 bits per heavy atom. The van der Waals surface area contributed by atoms with E-state index in [9.17, 15) is 18.0 Å². The van der Waals surface area contributed by atoms with Crippen molar-refractivity contribution in [1.82, 2.24) is 15.3 Å². The molecule has 0 saturated carbocycles. The molecule has 0 atom stereocenters. The monoisotopic (exact) mass is 550 g/mol. The molecule has 8 nitrogen and oxygen atoms in total. The van der Waals surface area contributed by atoms with E-state index in [2.05, 4.69) is 20.6 Å². The van der Waals surface area contributed by atoms with Gasteiger partial charge in [0.1, 0.15) is 22.9 Å². The van der Waals surface area contributed by atoms with Gasteiger partial charge in [-0.25, -0.2) is 14.8 Å². The molecule has 0 aliphatic rings. The molecule has 204 valence electrons. The van der Waals surface area contributed by atoms with Crippen molar-refractivity contribution in [2.75, 3.05) is 38.9 Å². The lowest BCUT2D eigenvalue weighted by atomic mass is 10.1. The van der Waals surface area contributed by atoms with Gasteiger partial charge in [-0.1, -0.05) is 23.9 Å². The van der Waals surface area contributed by atoms with Crippen LogP contribution in [0.3, 0.4) is 0 Å². The van der Waals surface area contributed by atoms with Crippen molar-refractivity contribution in [3.8, 4) is 11.5 Å². The Morgan fingerprint density at radius 3 is 2.39 bits per heavy atom. The van der Waals surface area contributed by atoms with Gasteiger partial charge in [0.05, 0.1) is 32.1 Å². The number of hydrogen-bond acceptors (Lipinski definition) is 9. The number of nitrogens with one attached hydrogen (secondary N) is 2. The number of ether oxygens (including phenoxy) is 3. The van der Waals surface area contributed by atoms with Crippen LogP contribution in [0.4, 0.5) is 24.7 Å². The molecule has 3 rings (SSSR count). The summed E-state index contributed by atoms with van der Waals surface area (Å²) in [5.41, 5.74) is 0.659. The van der Waals surface area contributed by atoms with E-state index in [-0.39, 0.29) is 29.4 Å². The minimum Gasteiger partial charge on any atom is -0.497 e.